The van der Waals surface area contributed by atoms with Crippen LogP contribution in [0, 0.1) is 0 Å². The maximum Gasteiger partial charge on any atom is 0.165 e. The van der Waals surface area contributed by atoms with Crippen LogP contribution in [-0.2, 0) is 6.54 Å². The molecule has 1 N–H and O–H groups in total. The fourth-order valence-electron chi connectivity index (χ4n) is 2.57. The van der Waals surface area contributed by atoms with Crippen molar-refractivity contribution < 1.29 is 9.47 Å². The monoisotopic (exact) mass is 279 g/mol. The zero-order valence-corrected chi connectivity index (χ0v) is 12.0. The van der Waals surface area contributed by atoms with Crippen LogP contribution in [0.3, 0.4) is 0 Å². The minimum Gasteiger partial charge on any atom is -0.490 e. The first kappa shape index (κ1) is 13.1. The molecule has 4 heteroatoms. The molecule has 1 fully saturated rings. The maximum absolute atomic E-state index is 5.83. The van der Waals surface area contributed by atoms with Gasteiger partial charge in [0.25, 0.3) is 0 Å². The van der Waals surface area contributed by atoms with Crippen LogP contribution in [0.15, 0.2) is 18.2 Å². The number of benzene rings is 1. The molecule has 3 nitrogen and oxygen atoms in total. The lowest BCUT2D eigenvalue weighted by Crippen LogP contribution is -2.23. The first-order valence-corrected chi connectivity index (χ1v) is 8.18. The number of hydrogen-bond acceptors (Lipinski definition) is 4. The summed E-state index contributed by atoms with van der Waals surface area (Å²) in [7, 11) is 0. The zero-order valence-electron chi connectivity index (χ0n) is 11.2. The quantitative estimate of drug-likeness (QED) is 0.918. The van der Waals surface area contributed by atoms with Crippen molar-refractivity contribution in [1.29, 1.82) is 0 Å². The number of ether oxygens (including phenoxy) is 2. The van der Waals surface area contributed by atoms with Gasteiger partial charge in [0.2, 0.25) is 0 Å². The van der Waals surface area contributed by atoms with E-state index in [9.17, 15) is 0 Å². The van der Waals surface area contributed by atoms with Gasteiger partial charge >= 0.3 is 0 Å². The number of rotatable bonds is 4. The molecular formula is C15H21NO2S. The molecule has 1 aromatic carbocycles. The molecular weight excluding hydrogens is 258 g/mol. The molecule has 1 aromatic rings. The molecule has 2 aliphatic heterocycles. The molecule has 1 atom stereocenters. The van der Waals surface area contributed by atoms with Crippen molar-refractivity contribution in [3.63, 3.8) is 0 Å². The molecule has 2 aliphatic rings. The summed E-state index contributed by atoms with van der Waals surface area (Å²) in [5.74, 6) is 3.16. The Kier molecular flexibility index (Phi) is 4.51. The number of thioether (sulfide) groups is 1. The third-order valence-corrected chi connectivity index (χ3v) is 4.96. The second-order valence-corrected chi connectivity index (χ2v) is 6.47. The Morgan fingerprint density at radius 2 is 2.16 bits per heavy atom. The highest BCUT2D eigenvalue weighted by Crippen LogP contribution is 2.33. The van der Waals surface area contributed by atoms with Gasteiger partial charge in [0, 0.05) is 30.3 Å². The summed E-state index contributed by atoms with van der Waals surface area (Å²) >= 11 is 2.09. The molecule has 104 valence electrons. The van der Waals surface area contributed by atoms with Crippen LogP contribution < -0.4 is 14.8 Å². The van der Waals surface area contributed by atoms with Gasteiger partial charge in [-0.15, -0.1) is 0 Å². The molecule has 0 radical (unpaired) electrons. The standard InChI is InChI=1S/C15H21NO2S/c1-4-12(10-16-11-13-5-2-9-19-13)15-14(6-1)17-7-3-8-18-15/h1,4,6,13,16H,2-3,5,7-11H2. The fraction of sp³-hybridized carbons (Fsp3) is 0.600. The van der Waals surface area contributed by atoms with E-state index in [-0.39, 0.29) is 0 Å². The molecule has 0 aliphatic carbocycles. The van der Waals surface area contributed by atoms with E-state index in [0.29, 0.717) is 0 Å². The fourth-order valence-corrected chi connectivity index (χ4v) is 3.80. The van der Waals surface area contributed by atoms with Gasteiger partial charge in [-0.1, -0.05) is 12.1 Å². The topological polar surface area (TPSA) is 30.5 Å². The zero-order chi connectivity index (χ0) is 12.9. The Labute approximate surface area is 119 Å². The Morgan fingerprint density at radius 3 is 3.05 bits per heavy atom. The van der Waals surface area contributed by atoms with Crippen molar-refractivity contribution in [1.82, 2.24) is 5.32 Å². The minimum atomic E-state index is 0.752. The van der Waals surface area contributed by atoms with Gasteiger partial charge in [-0.05, 0) is 24.7 Å². The van der Waals surface area contributed by atoms with Crippen molar-refractivity contribution in [2.24, 2.45) is 0 Å². The van der Waals surface area contributed by atoms with E-state index in [1.807, 2.05) is 6.07 Å². The van der Waals surface area contributed by atoms with Gasteiger partial charge in [-0.2, -0.15) is 11.8 Å². The normalized spacial score (nSPS) is 22.2. The van der Waals surface area contributed by atoms with Crippen molar-refractivity contribution in [3.8, 4) is 11.5 Å². The van der Waals surface area contributed by atoms with E-state index in [1.165, 1.54) is 24.2 Å². The summed E-state index contributed by atoms with van der Waals surface area (Å²) in [5.41, 5.74) is 1.21. The van der Waals surface area contributed by atoms with Gasteiger partial charge in [0.15, 0.2) is 11.5 Å². The summed E-state index contributed by atoms with van der Waals surface area (Å²) < 4.78 is 11.5. The molecule has 2 heterocycles. The number of nitrogens with one attached hydrogen (secondary N) is 1. The first-order valence-electron chi connectivity index (χ1n) is 7.13. The number of fused-ring (bicyclic) bond motifs is 1. The van der Waals surface area contributed by atoms with Crippen molar-refractivity contribution >= 4 is 11.8 Å². The van der Waals surface area contributed by atoms with Gasteiger partial charge < -0.3 is 14.8 Å². The summed E-state index contributed by atoms with van der Waals surface area (Å²) in [6, 6.07) is 6.17. The molecule has 0 amide bonds. The van der Waals surface area contributed by atoms with E-state index in [1.54, 1.807) is 0 Å². The van der Waals surface area contributed by atoms with Crippen LogP contribution in [0.2, 0.25) is 0 Å². The van der Waals surface area contributed by atoms with Crippen LogP contribution in [0.1, 0.15) is 24.8 Å². The first-order chi connectivity index (χ1) is 9.43. The Morgan fingerprint density at radius 1 is 1.21 bits per heavy atom. The molecule has 3 rings (SSSR count). The molecule has 19 heavy (non-hydrogen) atoms. The Bertz CT molecular complexity index is 419. The predicted octanol–water partition coefficient (Wildman–Crippen LogP) is 2.83. The van der Waals surface area contributed by atoms with Crippen LogP contribution in [0.4, 0.5) is 0 Å². The molecule has 0 bridgehead atoms. The average molecular weight is 279 g/mol. The molecule has 0 saturated carbocycles. The lowest BCUT2D eigenvalue weighted by Gasteiger charge is -2.14. The largest absolute Gasteiger partial charge is 0.490 e. The van der Waals surface area contributed by atoms with Crippen LogP contribution in [-0.4, -0.2) is 30.8 Å². The SMILES string of the molecule is c1cc(CNCC2CCCS2)c2c(c1)OCCCO2. The third kappa shape index (κ3) is 3.37. The van der Waals surface area contributed by atoms with E-state index >= 15 is 0 Å². The summed E-state index contributed by atoms with van der Waals surface area (Å²) in [6.45, 7) is 3.46. The smallest absolute Gasteiger partial charge is 0.165 e. The van der Waals surface area contributed by atoms with Gasteiger partial charge in [0.1, 0.15) is 0 Å². The molecule has 0 aromatic heterocycles. The van der Waals surface area contributed by atoms with E-state index < -0.39 is 0 Å². The molecule has 1 saturated heterocycles. The lowest BCUT2D eigenvalue weighted by molar-refractivity contribution is 0.296. The third-order valence-electron chi connectivity index (χ3n) is 3.56. The lowest BCUT2D eigenvalue weighted by atomic mass is 10.1. The van der Waals surface area contributed by atoms with E-state index in [2.05, 4.69) is 29.2 Å². The summed E-state index contributed by atoms with van der Waals surface area (Å²) in [5, 5.41) is 4.35. The van der Waals surface area contributed by atoms with E-state index in [4.69, 9.17) is 9.47 Å². The van der Waals surface area contributed by atoms with Crippen LogP contribution in [0.5, 0.6) is 11.5 Å². The molecule has 0 spiro atoms. The van der Waals surface area contributed by atoms with Crippen molar-refractivity contribution in [3.05, 3.63) is 23.8 Å². The maximum atomic E-state index is 5.83. The van der Waals surface area contributed by atoms with Gasteiger partial charge in [-0.3, -0.25) is 0 Å². The second-order valence-electron chi connectivity index (χ2n) is 5.06. The summed E-state index contributed by atoms with van der Waals surface area (Å²) in [4.78, 5) is 0. The van der Waals surface area contributed by atoms with E-state index in [0.717, 1.165) is 49.5 Å². The number of para-hydroxylation sites is 1. The van der Waals surface area contributed by atoms with Crippen LogP contribution in [0.25, 0.3) is 0 Å². The Hall–Kier alpha value is -0.870. The predicted molar refractivity (Wildman–Crippen MR) is 79.2 cm³/mol. The second kappa shape index (κ2) is 6.53. The van der Waals surface area contributed by atoms with Gasteiger partial charge in [-0.25, -0.2) is 0 Å². The van der Waals surface area contributed by atoms with Crippen molar-refractivity contribution in [2.45, 2.75) is 31.1 Å². The summed E-state index contributed by atoms with van der Waals surface area (Å²) in [6.07, 6.45) is 3.68. The molecule has 1 unspecified atom stereocenters. The number of hydrogen-bond donors (Lipinski definition) is 1. The van der Waals surface area contributed by atoms with Gasteiger partial charge in [0.05, 0.1) is 13.2 Å². The van der Waals surface area contributed by atoms with Crippen LogP contribution >= 0.6 is 11.8 Å². The highest BCUT2D eigenvalue weighted by atomic mass is 32.2. The van der Waals surface area contributed by atoms with Crippen molar-refractivity contribution in [2.75, 3.05) is 25.5 Å². The Balaban J connectivity index is 1.60. The highest BCUT2D eigenvalue weighted by Gasteiger charge is 2.17. The average Bonchev–Trinajstić information content (AvgIpc) is 2.82. The highest BCUT2D eigenvalue weighted by molar-refractivity contribution is 8.00. The minimum absolute atomic E-state index is 0.752.